The van der Waals surface area contributed by atoms with Crippen LogP contribution < -0.4 is 10.0 Å². The third kappa shape index (κ3) is 4.37. The Bertz CT molecular complexity index is 662. The lowest BCUT2D eigenvalue weighted by Crippen LogP contribution is -2.26. The van der Waals surface area contributed by atoms with Crippen molar-refractivity contribution in [2.75, 3.05) is 0 Å². The van der Waals surface area contributed by atoms with Gasteiger partial charge in [0.05, 0.1) is 6.20 Å². The Balaban J connectivity index is 2.05. The molecule has 0 amide bonds. The summed E-state index contributed by atoms with van der Waals surface area (Å²) in [4.78, 5) is 1.00. The fraction of sp³-hybridized carbons (Fsp3) is 0.462. The van der Waals surface area contributed by atoms with Gasteiger partial charge in [0.2, 0.25) is 0 Å². The van der Waals surface area contributed by atoms with E-state index in [1.807, 2.05) is 6.07 Å². The third-order valence-electron chi connectivity index (χ3n) is 2.94. The van der Waals surface area contributed by atoms with Crippen LogP contribution in [0.5, 0.6) is 0 Å². The van der Waals surface area contributed by atoms with E-state index in [2.05, 4.69) is 34.1 Å². The number of aromatic nitrogens is 2. The van der Waals surface area contributed by atoms with Gasteiger partial charge in [0.1, 0.15) is 4.21 Å². The summed E-state index contributed by atoms with van der Waals surface area (Å²) in [6.07, 6.45) is 3.29. The molecule has 0 radical (unpaired) electrons. The van der Waals surface area contributed by atoms with Gasteiger partial charge in [0, 0.05) is 35.3 Å². The summed E-state index contributed by atoms with van der Waals surface area (Å²) >= 11 is 1.28. The van der Waals surface area contributed by atoms with Gasteiger partial charge in [0.25, 0.3) is 10.0 Å². The molecule has 2 aromatic heterocycles. The summed E-state index contributed by atoms with van der Waals surface area (Å²) in [7, 11) is -3.50. The van der Waals surface area contributed by atoms with Crippen molar-refractivity contribution in [1.82, 2.24) is 20.2 Å². The quantitative estimate of drug-likeness (QED) is 0.725. The second-order valence-electron chi connectivity index (χ2n) is 5.13. The second-order valence-corrected chi connectivity index (χ2v) is 8.24. The van der Waals surface area contributed by atoms with Crippen LogP contribution in [0.15, 0.2) is 28.7 Å². The highest BCUT2D eigenvalue weighted by Crippen LogP contribution is 2.23. The molecule has 2 heterocycles. The van der Waals surface area contributed by atoms with Gasteiger partial charge in [-0.15, -0.1) is 11.3 Å². The summed E-state index contributed by atoms with van der Waals surface area (Å²) in [6.45, 7) is 6.57. The first kappa shape index (κ1) is 16.2. The van der Waals surface area contributed by atoms with E-state index in [1.54, 1.807) is 25.4 Å². The van der Waals surface area contributed by atoms with Crippen molar-refractivity contribution in [1.29, 1.82) is 0 Å². The van der Waals surface area contributed by atoms with Crippen LogP contribution in [0.1, 0.15) is 37.3 Å². The molecule has 1 unspecified atom stereocenters. The van der Waals surface area contributed by atoms with Gasteiger partial charge in [-0.1, -0.05) is 13.8 Å². The number of H-pyrrole nitrogens is 1. The average Bonchev–Trinajstić information content (AvgIpc) is 3.07. The second kappa shape index (κ2) is 6.69. The van der Waals surface area contributed by atoms with Crippen LogP contribution in [-0.2, 0) is 16.6 Å². The molecule has 1 atom stereocenters. The third-order valence-corrected chi connectivity index (χ3v) is 6.06. The average molecular weight is 328 g/mol. The molecule has 116 valence electrons. The molecule has 0 aromatic carbocycles. The Labute approximate surface area is 129 Å². The normalized spacial score (nSPS) is 13.7. The van der Waals surface area contributed by atoms with Crippen molar-refractivity contribution >= 4 is 21.4 Å². The first-order valence-electron chi connectivity index (χ1n) is 6.71. The molecule has 0 saturated heterocycles. The summed E-state index contributed by atoms with van der Waals surface area (Å²) in [5.41, 5.74) is 0.803. The van der Waals surface area contributed by atoms with Crippen LogP contribution in [0.25, 0.3) is 0 Å². The molecule has 2 aromatic rings. The van der Waals surface area contributed by atoms with E-state index in [-0.39, 0.29) is 6.04 Å². The molecule has 8 heteroatoms. The van der Waals surface area contributed by atoms with Crippen molar-refractivity contribution in [3.8, 4) is 0 Å². The lowest BCUT2D eigenvalue weighted by Gasteiger charge is -2.11. The summed E-state index contributed by atoms with van der Waals surface area (Å²) in [5.74, 6) is 0. The van der Waals surface area contributed by atoms with Gasteiger partial charge >= 0.3 is 0 Å². The number of thiophene rings is 1. The molecule has 0 bridgehead atoms. The smallest absolute Gasteiger partial charge is 0.250 e. The van der Waals surface area contributed by atoms with Gasteiger partial charge in [0.15, 0.2) is 0 Å². The number of aromatic amines is 1. The molecule has 21 heavy (non-hydrogen) atoms. The zero-order valence-electron chi connectivity index (χ0n) is 12.3. The minimum atomic E-state index is -3.50. The summed E-state index contributed by atoms with van der Waals surface area (Å²) < 4.78 is 27.7. The van der Waals surface area contributed by atoms with Gasteiger partial charge in [-0.25, -0.2) is 13.1 Å². The SMILES string of the molecule is CC(C)NCc1ccc(S(=O)(=O)NC(C)c2cn[nH]c2)s1. The Morgan fingerprint density at radius 3 is 2.71 bits per heavy atom. The fourth-order valence-corrected chi connectivity index (χ4v) is 4.31. The lowest BCUT2D eigenvalue weighted by atomic mass is 10.2. The van der Waals surface area contributed by atoms with E-state index in [9.17, 15) is 8.42 Å². The van der Waals surface area contributed by atoms with Crippen LogP contribution in [0.2, 0.25) is 0 Å². The summed E-state index contributed by atoms with van der Waals surface area (Å²) in [6, 6.07) is 3.53. The van der Waals surface area contributed by atoms with Crippen LogP contribution in [0.4, 0.5) is 0 Å². The molecule has 0 spiro atoms. The van der Waals surface area contributed by atoms with Gasteiger partial charge in [-0.3, -0.25) is 5.10 Å². The largest absolute Gasteiger partial charge is 0.310 e. The topological polar surface area (TPSA) is 86.9 Å². The van der Waals surface area contributed by atoms with Crippen LogP contribution in [0.3, 0.4) is 0 Å². The lowest BCUT2D eigenvalue weighted by molar-refractivity contribution is 0.569. The Morgan fingerprint density at radius 2 is 2.10 bits per heavy atom. The number of hydrogen-bond donors (Lipinski definition) is 3. The highest BCUT2D eigenvalue weighted by Gasteiger charge is 2.20. The van der Waals surface area contributed by atoms with Crippen molar-refractivity contribution in [2.24, 2.45) is 0 Å². The van der Waals surface area contributed by atoms with Crippen molar-refractivity contribution < 1.29 is 8.42 Å². The molecular formula is C13H20N4O2S2. The van der Waals surface area contributed by atoms with E-state index in [0.717, 1.165) is 10.4 Å². The first-order chi connectivity index (χ1) is 9.88. The van der Waals surface area contributed by atoms with Crippen LogP contribution in [-0.4, -0.2) is 24.7 Å². The number of sulfonamides is 1. The zero-order chi connectivity index (χ0) is 15.5. The van der Waals surface area contributed by atoms with Crippen molar-refractivity contribution in [3.05, 3.63) is 35.0 Å². The van der Waals surface area contributed by atoms with E-state index in [1.165, 1.54) is 11.3 Å². The fourth-order valence-electron chi connectivity index (χ4n) is 1.76. The molecule has 0 aliphatic rings. The van der Waals surface area contributed by atoms with Crippen LogP contribution in [0, 0.1) is 0 Å². The molecular weight excluding hydrogens is 308 g/mol. The van der Waals surface area contributed by atoms with E-state index in [0.29, 0.717) is 16.8 Å². The molecule has 0 aliphatic carbocycles. The number of rotatable bonds is 7. The van der Waals surface area contributed by atoms with Crippen molar-refractivity contribution in [2.45, 2.75) is 43.6 Å². The monoisotopic (exact) mass is 328 g/mol. The molecule has 0 aliphatic heterocycles. The summed E-state index contributed by atoms with van der Waals surface area (Å²) in [5, 5.41) is 9.78. The van der Waals surface area contributed by atoms with Crippen LogP contribution >= 0.6 is 11.3 Å². The van der Waals surface area contributed by atoms with E-state index >= 15 is 0 Å². The first-order valence-corrected chi connectivity index (χ1v) is 9.01. The number of nitrogens with one attached hydrogen (secondary N) is 3. The van der Waals surface area contributed by atoms with E-state index in [4.69, 9.17) is 0 Å². The van der Waals surface area contributed by atoms with Gasteiger partial charge in [-0.2, -0.15) is 5.10 Å². The van der Waals surface area contributed by atoms with Gasteiger partial charge < -0.3 is 5.32 Å². The predicted octanol–water partition coefficient (Wildman–Crippen LogP) is 2.01. The Morgan fingerprint density at radius 1 is 1.33 bits per heavy atom. The zero-order valence-corrected chi connectivity index (χ0v) is 13.9. The maximum atomic E-state index is 12.3. The highest BCUT2D eigenvalue weighted by molar-refractivity contribution is 7.91. The molecule has 2 rings (SSSR count). The minimum absolute atomic E-state index is 0.326. The maximum Gasteiger partial charge on any atom is 0.250 e. The van der Waals surface area contributed by atoms with Gasteiger partial charge in [-0.05, 0) is 19.1 Å². The predicted molar refractivity (Wildman–Crippen MR) is 83.6 cm³/mol. The molecule has 3 N–H and O–H groups in total. The standard InChI is InChI=1S/C13H20N4O2S2/c1-9(2)14-8-12-4-5-13(20-12)21(18,19)17-10(3)11-6-15-16-7-11/h4-7,9-10,14,17H,8H2,1-3H3,(H,15,16). The number of nitrogens with zero attached hydrogens (tertiary/aromatic N) is 1. The Kier molecular flexibility index (Phi) is 5.15. The number of hydrogen-bond acceptors (Lipinski definition) is 5. The maximum absolute atomic E-state index is 12.3. The highest BCUT2D eigenvalue weighted by atomic mass is 32.2. The van der Waals surface area contributed by atoms with E-state index < -0.39 is 10.0 Å². The Hall–Kier alpha value is -1.22. The van der Waals surface area contributed by atoms with Crippen molar-refractivity contribution in [3.63, 3.8) is 0 Å². The molecule has 0 fully saturated rings. The minimum Gasteiger partial charge on any atom is -0.310 e. The molecule has 6 nitrogen and oxygen atoms in total. The molecule has 0 saturated carbocycles.